The summed E-state index contributed by atoms with van der Waals surface area (Å²) in [7, 11) is 3.89. The number of aromatic nitrogens is 3. The van der Waals surface area contributed by atoms with Gasteiger partial charge in [-0.1, -0.05) is 23.5 Å². The number of alkyl halides is 6. The average molecular weight is 582 g/mol. The number of aromatic amines is 1. The largest absolute Gasteiger partial charge is 0.492 e. The summed E-state index contributed by atoms with van der Waals surface area (Å²) in [6.45, 7) is 1.78. The maximum absolute atomic E-state index is 14.0. The number of nitrogens with zero attached hydrogens (tertiary/aromatic N) is 4. The number of aromatic hydroxyl groups is 1. The molecule has 2 N–H and O–H groups in total. The summed E-state index contributed by atoms with van der Waals surface area (Å²) < 4.78 is 81.7. The van der Waals surface area contributed by atoms with Crippen LogP contribution in [-0.4, -0.2) is 58.4 Å². The van der Waals surface area contributed by atoms with Crippen LogP contribution in [0.15, 0.2) is 42.6 Å². The lowest BCUT2D eigenvalue weighted by Crippen LogP contribution is -2.41. The molecule has 6 nitrogen and oxygen atoms in total. The number of piperidine rings is 1. The molecule has 5 rings (SSSR count). The number of H-pyrrole nitrogens is 1. The zero-order valence-corrected chi connectivity index (χ0v) is 22.3. The summed E-state index contributed by atoms with van der Waals surface area (Å²) in [5, 5.41) is 18.8. The smallest absolute Gasteiger partial charge is 0.417 e. The molecule has 3 heterocycles. The van der Waals surface area contributed by atoms with Gasteiger partial charge < -0.3 is 14.9 Å². The molecule has 1 fully saturated rings. The third-order valence-corrected chi connectivity index (χ3v) is 8.29. The number of hydrogen-bond acceptors (Lipinski definition) is 6. The highest BCUT2D eigenvalue weighted by molar-refractivity contribution is 7.17. The Labute approximate surface area is 229 Å². The summed E-state index contributed by atoms with van der Waals surface area (Å²) in [5.74, 6) is -0.376. The summed E-state index contributed by atoms with van der Waals surface area (Å²) in [5.41, 5.74) is -2.00. The van der Waals surface area contributed by atoms with Crippen molar-refractivity contribution in [1.29, 1.82) is 0 Å². The second-order valence-corrected chi connectivity index (χ2v) is 10.8. The summed E-state index contributed by atoms with van der Waals surface area (Å²) in [6, 6.07) is 6.69. The van der Waals surface area contributed by atoms with Crippen LogP contribution in [0.5, 0.6) is 5.88 Å². The SMILES string of the molecule is CN1CCC(N(C)c2nc(O)c(C(=Cc3ccc(C(F)(F)F)cc3C(F)(F)F)c3ccc4[nH]ncc4c3)s2)CC1. The van der Waals surface area contributed by atoms with Crippen molar-refractivity contribution in [2.75, 3.05) is 32.1 Å². The van der Waals surface area contributed by atoms with Crippen molar-refractivity contribution in [1.82, 2.24) is 20.1 Å². The van der Waals surface area contributed by atoms with Gasteiger partial charge in [0.25, 0.3) is 0 Å². The number of nitrogens with one attached hydrogen (secondary N) is 1. The van der Waals surface area contributed by atoms with E-state index in [9.17, 15) is 31.4 Å². The van der Waals surface area contributed by atoms with E-state index in [0.29, 0.717) is 27.7 Å². The summed E-state index contributed by atoms with van der Waals surface area (Å²) >= 11 is 1.11. The van der Waals surface area contributed by atoms with Crippen LogP contribution in [-0.2, 0) is 12.4 Å². The standard InChI is InChI=1S/C27H25F6N5OS/c1-37-9-7-19(8-10-37)38(2)25-35-24(39)23(40-25)20(15-4-6-22-17(11-15)14-34-36-22)12-16-3-5-18(26(28,29)30)13-21(16)27(31,32)33/h3-6,11-14,19,39H,7-10H2,1-2H3,(H,34,36). The summed E-state index contributed by atoms with van der Waals surface area (Å²) in [4.78, 5) is 8.69. The second-order valence-electron chi connectivity index (χ2n) is 9.82. The third kappa shape index (κ3) is 5.66. The number of likely N-dealkylation sites (tertiary alicyclic amines) is 1. The molecule has 0 spiro atoms. The quantitative estimate of drug-likeness (QED) is 0.199. The van der Waals surface area contributed by atoms with Gasteiger partial charge in [-0.15, -0.1) is 0 Å². The van der Waals surface area contributed by atoms with E-state index in [1.807, 2.05) is 19.0 Å². The first-order valence-electron chi connectivity index (χ1n) is 12.4. The molecule has 1 aliphatic rings. The molecule has 0 aliphatic carbocycles. The Morgan fingerprint density at radius 2 is 1.80 bits per heavy atom. The number of benzene rings is 2. The number of fused-ring (bicyclic) bond motifs is 1. The molecule has 2 aromatic heterocycles. The molecule has 40 heavy (non-hydrogen) atoms. The average Bonchev–Trinajstić information content (AvgIpc) is 3.52. The maximum Gasteiger partial charge on any atom is 0.417 e. The zero-order chi connectivity index (χ0) is 28.8. The molecule has 0 amide bonds. The van der Waals surface area contributed by atoms with Gasteiger partial charge in [0.05, 0.1) is 22.8 Å². The van der Waals surface area contributed by atoms with Crippen molar-refractivity contribution in [3.63, 3.8) is 0 Å². The number of anilines is 1. The first kappa shape index (κ1) is 28.0. The van der Waals surface area contributed by atoms with E-state index in [1.165, 1.54) is 0 Å². The molecule has 2 aromatic carbocycles. The van der Waals surface area contributed by atoms with Gasteiger partial charge in [-0.25, -0.2) is 0 Å². The lowest BCUT2D eigenvalue weighted by Gasteiger charge is -2.34. The van der Waals surface area contributed by atoms with Crippen molar-refractivity contribution in [2.24, 2.45) is 0 Å². The molecular weight excluding hydrogens is 556 g/mol. The Morgan fingerprint density at radius 1 is 1.07 bits per heavy atom. The van der Waals surface area contributed by atoms with E-state index in [2.05, 4.69) is 20.1 Å². The van der Waals surface area contributed by atoms with Crippen LogP contribution >= 0.6 is 11.3 Å². The first-order valence-corrected chi connectivity index (χ1v) is 13.2. The van der Waals surface area contributed by atoms with Gasteiger partial charge in [0, 0.05) is 24.0 Å². The molecular formula is C27H25F6N5OS. The molecule has 0 bridgehead atoms. The van der Waals surface area contributed by atoms with Crippen LogP contribution in [0.3, 0.4) is 0 Å². The first-order chi connectivity index (χ1) is 18.8. The minimum absolute atomic E-state index is 0.106. The van der Waals surface area contributed by atoms with Crippen molar-refractivity contribution in [3.8, 4) is 5.88 Å². The van der Waals surface area contributed by atoms with E-state index in [1.54, 1.807) is 24.4 Å². The third-order valence-electron chi connectivity index (χ3n) is 7.12. The molecule has 0 atom stereocenters. The van der Waals surface area contributed by atoms with E-state index in [-0.39, 0.29) is 28.4 Å². The zero-order valence-electron chi connectivity index (χ0n) is 21.4. The predicted octanol–water partition coefficient (Wildman–Crippen LogP) is 6.88. The highest BCUT2D eigenvalue weighted by Gasteiger charge is 2.38. The highest BCUT2D eigenvalue weighted by Crippen LogP contribution is 2.43. The summed E-state index contributed by atoms with van der Waals surface area (Å²) in [6.07, 6.45) is -5.55. The van der Waals surface area contributed by atoms with Crippen molar-refractivity contribution in [2.45, 2.75) is 31.2 Å². The molecule has 0 saturated carbocycles. The highest BCUT2D eigenvalue weighted by atomic mass is 32.1. The van der Waals surface area contributed by atoms with Crippen molar-refractivity contribution < 1.29 is 31.4 Å². The Balaban J connectivity index is 1.65. The lowest BCUT2D eigenvalue weighted by atomic mass is 9.96. The maximum atomic E-state index is 14.0. The van der Waals surface area contributed by atoms with Gasteiger partial charge in [0.15, 0.2) is 5.13 Å². The topological polar surface area (TPSA) is 68.3 Å². The van der Waals surface area contributed by atoms with Gasteiger partial charge >= 0.3 is 12.4 Å². The van der Waals surface area contributed by atoms with E-state index in [0.717, 1.165) is 49.4 Å². The molecule has 212 valence electrons. The van der Waals surface area contributed by atoms with Gasteiger partial charge in [0.1, 0.15) is 4.88 Å². The van der Waals surface area contributed by atoms with Gasteiger partial charge in [-0.3, -0.25) is 5.10 Å². The minimum Gasteiger partial charge on any atom is -0.492 e. The van der Waals surface area contributed by atoms with Crippen LogP contribution in [0.1, 0.15) is 40.0 Å². The van der Waals surface area contributed by atoms with Crippen LogP contribution in [0, 0.1) is 0 Å². The molecule has 1 aliphatic heterocycles. The Kier molecular flexibility index (Phi) is 7.29. The normalized spacial score (nSPS) is 16.1. The Morgan fingerprint density at radius 3 is 2.48 bits per heavy atom. The molecule has 0 unspecified atom stereocenters. The minimum atomic E-state index is -5.05. The van der Waals surface area contributed by atoms with Gasteiger partial charge in [-0.05, 0) is 74.4 Å². The van der Waals surface area contributed by atoms with Gasteiger partial charge in [-0.2, -0.15) is 36.4 Å². The van der Waals surface area contributed by atoms with Gasteiger partial charge in [0.2, 0.25) is 5.88 Å². The fraction of sp³-hybridized carbons (Fsp3) is 0.333. The monoisotopic (exact) mass is 581 g/mol. The van der Waals surface area contributed by atoms with Crippen molar-refractivity contribution >= 4 is 39.0 Å². The Hall–Kier alpha value is -3.58. The fourth-order valence-corrected chi connectivity index (χ4v) is 5.85. The van der Waals surface area contributed by atoms with E-state index < -0.39 is 29.0 Å². The molecule has 1 saturated heterocycles. The van der Waals surface area contributed by atoms with Crippen LogP contribution in [0.25, 0.3) is 22.6 Å². The van der Waals surface area contributed by atoms with E-state index in [4.69, 9.17) is 0 Å². The molecule has 4 aromatic rings. The Bertz CT molecular complexity index is 1550. The van der Waals surface area contributed by atoms with Crippen LogP contribution in [0.2, 0.25) is 0 Å². The number of thiazole rings is 1. The number of halogens is 6. The number of hydrogen-bond donors (Lipinski definition) is 2. The van der Waals surface area contributed by atoms with E-state index >= 15 is 0 Å². The van der Waals surface area contributed by atoms with Crippen molar-refractivity contribution in [3.05, 3.63) is 69.7 Å². The lowest BCUT2D eigenvalue weighted by molar-refractivity contribution is -0.143. The fourth-order valence-electron chi connectivity index (χ4n) is 4.82. The second kappa shape index (κ2) is 10.4. The van der Waals surface area contributed by atoms with Crippen LogP contribution < -0.4 is 4.90 Å². The molecule has 13 heteroatoms. The molecule has 0 radical (unpaired) electrons. The van der Waals surface area contributed by atoms with Crippen LogP contribution in [0.4, 0.5) is 31.5 Å². The predicted molar refractivity (Wildman–Crippen MR) is 142 cm³/mol. The number of rotatable bonds is 5.